The van der Waals surface area contributed by atoms with Crippen LogP contribution in [0.15, 0.2) is 158 Å². The number of ether oxygens (including phenoxy) is 3. The lowest BCUT2D eigenvalue weighted by molar-refractivity contribution is -0.887. The lowest BCUT2D eigenvalue weighted by Gasteiger charge is -2.31. The highest BCUT2D eigenvalue weighted by atomic mass is 16.6. The molecule has 0 bridgehead atoms. The molecule has 8 nitrogen and oxygen atoms in total. The predicted octanol–water partition coefficient (Wildman–Crippen LogP) is 13.9. The van der Waals surface area contributed by atoms with Crippen molar-refractivity contribution in [3.05, 3.63) is 158 Å². The van der Waals surface area contributed by atoms with Gasteiger partial charge in [-0.3, -0.25) is 9.59 Å². The normalized spacial score (nSPS) is 14.3. The van der Waals surface area contributed by atoms with Crippen molar-refractivity contribution in [1.82, 2.24) is 0 Å². The van der Waals surface area contributed by atoms with Crippen molar-refractivity contribution in [2.75, 3.05) is 41.0 Å². The van der Waals surface area contributed by atoms with E-state index in [9.17, 15) is 19.5 Å². The Morgan fingerprint density at radius 1 is 0.477 bits per heavy atom. The molecule has 0 aliphatic rings. The van der Waals surface area contributed by atoms with Crippen LogP contribution in [-0.2, 0) is 28.6 Å². The summed E-state index contributed by atoms with van der Waals surface area (Å²) >= 11 is 0. The first-order chi connectivity index (χ1) is 31.6. The van der Waals surface area contributed by atoms with Crippen LogP contribution in [0.1, 0.15) is 129 Å². The van der Waals surface area contributed by atoms with Crippen LogP contribution >= 0.6 is 0 Å². The van der Waals surface area contributed by atoms with Gasteiger partial charge in [0.15, 0.2) is 12.1 Å². The third kappa shape index (κ3) is 44.0. The Labute approximate surface area is 395 Å². The molecule has 0 radical (unpaired) electrons. The van der Waals surface area contributed by atoms with Crippen molar-refractivity contribution in [3.63, 3.8) is 0 Å². The molecule has 0 aromatic heterocycles. The minimum atomic E-state index is -0.896. The van der Waals surface area contributed by atoms with Crippen LogP contribution in [0, 0.1) is 0 Å². The number of nitrogens with zero attached hydrogens (tertiary/aromatic N) is 1. The summed E-state index contributed by atoms with van der Waals surface area (Å²) in [6.45, 7) is 4.35. The quantitative estimate of drug-likeness (QED) is 0.0215. The van der Waals surface area contributed by atoms with Gasteiger partial charge in [0.2, 0.25) is 0 Å². The Kier molecular flexibility index (Phi) is 42.0. The van der Waals surface area contributed by atoms with E-state index in [2.05, 4.69) is 98.9 Å². The second kappa shape index (κ2) is 45.5. The van der Waals surface area contributed by atoms with Crippen molar-refractivity contribution < 1.29 is 38.2 Å². The van der Waals surface area contributed by atoms with Crippen LogP contribution in [-0.4, -0.2) is 80.6 Å². The molecule has 0 fully saturated rings. The molecule has 0 heterocycles. The van der Waals surface area contributed by atoms with E-state index < -0.39 is 18.1 Å². The minimum Gasteiger partial charge on any atom is -0.477 e. The number of carbonyl (C=O) groups excluding carboxylic acids is 2. The topological polar surface area (TPSA) is 99.1 Å². The average Bonchev–Trinajstić information content (AvgIpc) is 3.27. The molecular weight excluding hydrogens is 811 g/mol. The predicted molar refractivity (Wildman–Crippen MR) is 274 cm³/mol. The molecule has 0 saturated carbocycles. The molecule has 8 heteroatoms. The second-order valence-corrected chi connectivity index (χ2v) is 16.4. The number of carboxylic acid groups (broad SMARTS) is 1. The van der Waals surface area contributed by atoms with E-state index in [1.54, 1.807) is 0 Å². The summed E-state index contributed by atoms with van der Waals surface area (Å²) in [7, 11) is 5.48. The summed E-state index contributed by atoms with van der Waals surface area (Å²) in [4.78, 5) is 37.1. The Morgan fingerprint density at radius 2 is 0.892 bits per heavy atom. The standard InChI is InChI=1S/C57H85NO7/c1-6-8-10-12-14-16-18-20-22-24-26-27-28-30-32-34-36-38-40-42-44-46-48-56(60)65-53(51-63-50-49-54(57(61)62)58(3,4)5)52-64-55(59)47-45-43-41-39-37-35-33-31-29-25-23-21-19-17-15-13-11-9-7-2/h8-11,13-17,19-23,25-27,29-33,35-38,53-54H,6-7,12,18,24,28,34,39-52H2,1-5H3/p+1/b10-8+,11-9+,15-13+,16-14+,19-17+,22-20+,23-21+,27-26+,29-25+,32-30+,33-31+,37-35+,38-36+. The van der Waals surface area contributed by atoms with E-state index >= 15 is 0 Å². The van der Waals surface area contributed by atoms with Crippen molar-refractivity contribution in [3.8, 4) is 0 Å². The summed E-state index contributed by atoms with van der Waals surface area (Å²) in [6.07, 6.45) is 68.6. The Morgan fingerprint density at radius 3 is 1.35 bits per heavy atom. The minimum absolute atomic E-state index is 0.0189. The fourth-order valence-electron chi connectivity index (χ4n) is 5.96. The molecule has 0 saturated heterocycles. The zero-order valence-corrected chi connectivity index (χ0v) is 40.9. The fraction of sp³-hybridized carbons (Fsp3) is 0.491. The number of unbranched alkanes of at least 4 members (excludes halogenated alkanes) is 6. The largest absolute Gasteiger partial charge is 0.477 e. The van der Waals surface area contributed by atoms with E-state index in [1.165, 1.54) is 0 Å². The number of hydrogen-bond acceptors (Lipinski definition) is 6. The van der Waals surface area contributed by atoms with Gasteiger partial charge < -0.3 is 23.8 Å². The monoisotopic (exact) mass is 897 g/mol. The first kappa shape index (κ1) is 60.0. The van der Waals surface area contributed by atoms with E-state index in [1.807, 2.05) is 94.1 Å². The summed E-state index contributed by atoms with van der Waals surface area (Å²) in [5, 5.41) is 9.65. The van der Waals surface area contributed by atoms with Crippen molar-refractivity contribution in [2.45, 2.75) is 142 Å². The Bertz CT molecular complexity index is 1610. The number of likely N-dealkylation sites (N-methyl/N-ethyl adjacent to an activating group) is 1. The third-order valence-electron chi connectivity index (χ3n) is 9.62. The van der Waals surface area contributed by atoms with Crippen LogP contribution in [0.4, 0.5) is 0 Å². The van der Waals surface area contributed by atoms with Gasteiger partial charge in [-0.25, -0.2) is 4.79 Å². The lowest BCUT2D eigenvalue weighted by Crippen LogP contribution is -2.50. The molecule has 2 unspecified atom stereocenters. The highest BCUT2D eigenvalue weighted by Crippen LogP contribution is 2.11. The summed E-state index contributed by atoms with van der Waals surface area (Å²) < 4.78 is 17.2. The lowest BCUT2D eigenvalue weighted by atomic mass is 10.1. The van der Waals surface area contributed by atoms with Gasteiger partial charge in [0.25, 0.3) is 0 Å². The SMILES string of the molecule is CC/C=C/C=C/C=C/C=C/C=C/C=C/C=C/CCCCCC(=O)OCC(COCCC(C(=O)O)[N+](C)(C)C)OC(=O)CCCCC/C=C/C/C=C/C/C=C/C/C=C/C/C=C/C/C=C/CC. The molecule has 65 heavy (non-hydrogen) atoms. The number of rotatable bonds is 40. The summed E-state index contributed by atoms with van der Waals surface area (Å²) in [5.74, 6) is -1.60. The first-order valence-corrected chi connectivity index (χ1v) is 24.1. The number of allylic oxidation sites excluding steroid dienone is 26. The van der Waals surface area contributed by atoms with Crippen LogP contribution in [0.25, 0.3) is 0 Å². The van der Waals surface area contributed by atoms with Gasteiger partial charge in [-0.15, -0.1) is 0 Å². The van der Waals surface area contributed by atoms with Crippen molar-refractivity contribution in [1.29, 1.82) is 0 Å². The first-order valence-electron chi connectivity index (χ1n) is 24.1. The Hall–Kier alpha value is -5.05. The van der Waals surface area contributed by atoms with Gasteiger partial charge >= 0.3 is 17.9 Å². The van der Waals surface area contributed by atoms with Crippen LogP contribution in [0.3, 0.4) is 0 Å². The van der Waals surface area contributed by atoms with E-state index in [4.69, 9.17) is 14.2 Å². The number of aliphatic carboxylic acids is 1. The van der Waals surface area contributed by atoms with Crippen molar-refractivity contribution in [2.24, 2.45) is 0 Å². The van der Waals surface area contributed by atoms with Gasteiger partial charge in [-0.05, 0) is 83.5 Å². The summed E-state index contributed by atoms with van der Waals surface area (Å²) in [5.41, 5.74) is 0. The van der Waals surface area contributed by atoms with Crippen LogP contribution in [0.5, 0.6) is 0 Å². The highest BCUT2D eigenvalue weighted by molar-refractivity contribution is 5.72. The van der Waals surface area contributed by atoms with Gasteiger partial charge in [-0.2, -0.15) is 0 Å². The molecular formula is C57H86NO7+. The maximum absolute atomic E-state index is 12.8. The van der Waals surface area contributed by atoms with Crippen LogP contribution < -0.4 is 0 Å². The molecule has 0 aromatic rings. The number of carboxylic acids is 1. The maximum Gasteiger partial charge on any atom is 0.362 e. The molecule has 0 amide bonds. The number of quaternary nitrogens is 1. The Balaban J connectivity index is 4.51. The van der Waals surface area contributed by atoms with Gasteiger partial charge in [0.1, 0.15) is 6.61 Å². The smallest absolute Gasteiger partial charge is 0.362 e. The molecule has 0 aromatic carbocycles. The maximum atomic E-state index is 12.8. The zero-order chi connectivity index (χ0) is 47.7. The number of hydrogen-bond donors (Lipinski definition) is 1. The molecule has 360 valence electrons. The number of esters is 2. The van der Waals surface area contributed by atoms with E-state index in [0.29, 0.717) is 19.3 Å². The molecule has 2 atom stereocenters. The highest BCUT2D eigenvalue weighted by Gasteiger charge is 2.31. The molecule has 0 aliphatic heterocycles. The molecule has 0 aliphatic carbocycles. The molecule has 0 rings (SSSR count). The van der Waals surface area contributed by atoms with Crippen molar-refractivity contribution >= 4 is 17.9 Å². The number of carbonyl (C=O) groups is 3. The molecule has 0 spiro atoms. The zero-order valence-electron chi connectivity index (χ0n) is 40.9. The fourth-order valence-corrected chi connectivity index (χ4v) is 5.96. The third-order valence-corrected chi connectivity index (χ3v) is 9.62. The van der Waals surface area contributed by atoms with Gasteiger partial charge in [0.05, 0.1) is 34.4 Å². The summed E-state index contributed by atoms with van der Waals surface area (Å²) in [6, 6.07) is -0.641. The van der Waals surface area contributed by atoms with Gasteiger partial charge in [-0.1, -0.05) is 185 Å². The van der Waals surface area contributed by atoms with E-state index in [-0.39, 0.29) is 49.1 Å². The molecule has 1 N–H and O–H groups in total. The van der Waals surface area contributed by atoms with Gasteiger partial charge in [0, 0.05) is 19.3 Å². The average molecular weight is 897 g/mol. The van der Waals surface area contributed by atoms with Crippen LogP contribution in [0.2, 0.25) is 0 Å². The second-order valence-electron chi connectivity index (χ2n) is 16.4. The van der Waals surface area contributed by atoms with E-state index in [0.717, 1.165) is 83.5 Å².